The minimum atomic E-state index is -0.0410. The molecule has 0 aliphatic heterocycles. The number of hydrogen-bond acceptors (Lipinski definition) is 4. The van der Waals surface area contributed by atoms with Crippen molar-refractivity contribution in [2.75, 3.05) is 67.6 Å². The zero-order valence-corrected chi connectivity index (χ0v) is 26.5. The van der Waals surface area contributed by atoms with Crippen LogP contribution in [0.2, 0.25) is 0 Å². The molecule has 0 radical (unpaired) electrons. The summed E-state index contributed by atoms with van der Waals surface area (Å²) in [6.07, 6.45) is 20.4. The molecule has 0 aromatic carbocycles. The standard InChI is InChI=1S/C32H66N2O4/c1-7-9-11-13-15-17-19-23-31(35)37-29-27-33(3,4)25-21-22-26-34(5,6)28-30-38-32(36)24-20-18-16-14-12-10-8-2/h7-30H2,1-6H3/q+2. The van der Waals surface area contributed by atoms with Gasteiger partial charge < -0.3 is 18.4 Å². The van der Waals surface area contributed by atoms with Gasteiger partial charge in [0.25, 0.3) is 0 Å². The van der Waals surface area contributed by atoms with Crippen LogP contribution in [0.15, 0.2) is 0 Å². The summed E-state index contributed by atoms with van der Waals surface area (Å²) in [5, 5.41) is 0. The van der Waals surface area contributed by atoms with Crippen molar-refractivity contribution in [1.29, 1.82) is 0 Å². The smallest absolute Gasteiger partial charge is 0.305 e. The van der Waals surface area contributed by atoms with E-state index in [0.717, 1.165) is 73.7 Å². The van der Waals surface area contributed by atoms with Gasteiger partial charge in [-0.05, 0) is 12.8 Å². The van der Waals surface area contributed by atoms with Crippen LogP contribution in [-0.2, 0) is 19.1 Å². The van der Waals surface area contributed by atoms with Gasteiger partial charge in [-0.1, -0.05) is 90.9 Å². The van der Waals surface area contributed by atoms with Gasteiger partial charge in [-0.2, -0.15) is 0 Å². The fraction of sp³-hybridized carbons (Fsp3) is 0.938. The molecule has 0 aliphatic carbocycles. The zero-order chi connectivity index (χ0) is 28.5. The van der Waals surface area contributed by atoms with Crippen molar-refractivity contribution in [3.8, 4) is 0 Å². The number of carbonyl (C=O) groups excluding carboxylic acids is 2. The fourth-order valence-corrected chi connectivity index (χ4v) is 4.71. The Bertz CT molecular complexity index is 528. The van der Waals surface area contributed by atoms with Gasteiger partial charge in [0.15, 0.2) is 0 Å². The number of carbonyl (C=O) groups is 2. The summed E-state index contributed by atoms with van der Waals surface area (Å²) >= 11 is 0. The first-order valence-electron chi connectivity index (χ1n) is 16.1. The molecule has 0 rings (SSSR count). The van der Waals surface area contributed by atoms with Gasteiger partial charge in [0.05, 0.1) is 41.3 Å². The Morgan fingerprint density at radius 2 is 0.763 bits per heavy atom. The largest absolute Gasteiger partial charge is 0.460 e. The summed E-state index contributed by atoms with van der Waals surface area (Å²) in [5.41, 5.74) is 0. The van der Waals surface area contributed by atoms with E-state index in [2.05, 4.69) is 42.0 Å². The third-order valence-corrected chi connectivity index (χ3v) is 7.67. The maximum absolute atomic E-state index is 12.0. The number of ether oxygens (including phenoxy) is 2. The highest BCUT2D eigenvalue weighted by Crippen LogP contribution is 2.11. The van der Waals surface area contributed by atoms with Crippen LogP contribution in [0.4, 0.5) is 0 Å². The molecule has 6 heteroatoms. The van der Waals surface area contributed by atoms with E-state index in [1.807, 2.05) is 0 Å². The molecule has 0 bridgehead atoms. The molecule has 0 N–H and O–H groups in total. The molecule has 0 aromatic heterocycles. The number of unbranched alkanes of at least 4 members (excludes halogenated alkanes) is 13. The van der Waals surface area contributed by atoms with Gasteiger partial charge in [0.2, 0.25) is 0 Å². The van der Waals surface area contributed by atoms with Gasteiger partial charge in [-0.25, -0.2) is 0 Å². The fourth-order valence-electron chi connectivity index (χ4n) is 4.71. The lowest BCUT2D eigenvalue weighted by Crippen LogP contribution is -2.45. The van der Waals surface area contributed by atoms with Crippen molar-refractivity contribution in [1.82, 2.24) is 0 Å². The number of esters is 2. The number of nitrogens with zero attached hydrogens (tertiary/aromatic N) is 2. The van der Waals surface area contributed by atoms with Crippen LogP contribution in [0.5, 0.6) is 0 Å². The monoisotopic (exact) mass is 543 g/mol. The van der Waals surface area contributed by atoms with E-state index >= 15 is 0 Å². The second kappa shape index (κ2) is 23.7. The quantitative estimate of drug-likeness (QED) is 0.0621. The second-order valence-electron chi connectivity index (χ2n) is 12.7. The molecule has 226 valence electrons. The van der Waals surface area contributed by atoms with E-state index < -0.39 is 0 Å². The average molecular weight is 543 g/mol. The number of quaternary nitrogens is 2. The number of hydrogen-bond donors (Lipinski definition) is 0. The molecule has 0 amide bonds. The zero-order valence-electron chi connectivity index (χ0n) is 26.5. The van der Waals surface area contributed by atoms with Gasteiger partial charge in [-0.15, -0.1) is 0 Å². The van der Waals surface area contributed by atoms with Crippen LogP contribution < -0.4 is 0 Å². The molecule has 38 heavy (non-hydrogen) atoms. The van der Waals surface area contributed by atoms with Crippen molar-refractivity contribution in [2.24, 2.45) is 0 Å². The highest BCUT2D eigenvalue weighted by molar-refractivity contribution is 5.69. The first kappa shape index (κ1) is 36.9. The summed E-state index contributed by atoms with van der Waals surface area (Å²) in [4.78, 5) is 24.0. The van der Waals surface area contributed by atoms with E-state index in [-0.39, 0.29) is 11.9 Å². The molecular formula is C32H66N2O4+2. The lowest BCUT2D eigenvalue weighted by Gasteiger charge is -2.32. The molecule has 0 aromatic rings. The van der Waals surface area contributed by atoms with E-state index in [1.54, 1.807) is 0 Å². The lowest BCUT2D eigenvalue weighted by molar-refractivity contribution is -0.897. The maximum Gasteiger partial charge on any atom is 0.305 e. The van der Waals surface area contributed by atoms with Crippen LogP contribution in [-0.4, -0.2) is 88.5 Å². The van der Waals surface area contributed by atoms with Gasteiger partial charge in [0, 0.05) is 25.7 Å². The van der Waals surface area contributed by atoms with E-state index in [1.165, 1.54) is 64.2 Å². The molecule has 0 spiro atoms. The normalized spacial score (nSPS) is 12.1. The van der Waals surface area contributed by atoms with Crippen LogP contribution in [0, 0.1) is 0 Å². The summed E-state index contributed by atoms with van der Waals surface area (Å²) in [6, 6.07) is 0. The second-order valence-corrected chi connectivity index (χ2v) is 12.7. The number of rotatable bonds is 27. The van der Waals surface area contributed by atoms with Crippen LogP contribution in [0.3, 0.4) is 0 Å². The summed E-state index contributed by atoms with van der Waals surface area (Å²) < 4.78 is 12.7. The molecule has 0 saturated heterocycles. The third kappa shape index (κ3) is 25.2. The highest BCUT2D eigenvalue weighted by atomic mass is 16.5. The third-order valence-electron chi connectivity index (χ3n) is 7.67. The van der Waals surface area contributed by atoms with E-state index in [0.29, 0.717) is 26.1 Å². The average Bonchev–Trinajstić information content (AvgIpc) is 2.85. The molecule has 0 unspecified atom stereocenters. The molecule has 6 nitrogen and oxygen atoms in total. The highest BCUT2D eigenvalue weighted by Gasteiger charge is 2.19. The Hall–Kier alpha value is -1.14. The first-order chi connectivity index (χ1) is 18.1. The molecular weight excluding hydrogens is 476 g/mol. The molecule has 0 fully saturated rings. The Labute approximate surface area is 237 Å². The predicted octanol–water partition coefficient (Wildman–Crippen LogP) is 7.29. The van der Waals surface area contributed by atoms with Crippen molar-refractivity contribution in [3.63, 3.8) is 0 Å². The summed E-state index contributed by atoms with van der Waals surface area (Å²) in [6.45, 7) is 9.34. The molecule has 0 aliphatic rings. The lowest BCUT2D eigenvalue weighted by atomic mass is 10.1. The number of likely N-dealkylation sites (N-methyl/N-ethyl adjacent to an activating group) is 2. The van der Waals surface area contributed by atoms with Crippen molar-refractivity contribution in [2.45, 2.75) is 129 Å². The minimum absolute atomic E-state index is 0.0410. The van der Waals surface area contributed by atoms with Crippen LogP contribution >= 0.6 is 0 Å². The van der Waals surface area contributed by atoms with Crippen molar-refractivity contribution in [3.05, 3.63) is 0 Å². The van der Waals surface area contributed by atoms with Crippen LogP contribution in [0.25, 0.3) is 0 Å². The minimum Gasteiger partial charge on any atom is -0.460 e. The van der Waals surface area contributed by atoms with Crippen molar-refractivity contribution >= 4 is 11.9 Å². The Morgan fingerprint density at radius 3 is 1.11 bits per heavy atom. The van der Waals surface area contributed by atoms with E-state index in [4.69, 9.17) is 9.47 Å². The van der Waals surface area contributed by atoms with E-state index in [9.17, 15) is 9.59 Å². The van der Waals surface area contributed by atoms with Crippen molar-refractivity contribution < 1.29 is 28.0 Å². The Balaban J connectivity index is 3.79. The maximum atomic E-state index is 12.0. The van der Waals surface area contributed by atoms with Crippen LogP contribution in [0.1, 0.15) is 129 Å². The first-order valence-corrected chi connectivity index (χ1v) is 16.1. The Morgan fingerprint density at radius 1 is 0.447 bits per heavy atom. The topological polar surface area (TPSA) is 52.6 Å². The van der Waals surface area contributed by atoms with Gasteiger partial charge >= 0.3 is 11.9 Å². The summed E-state index contributed by atoms with van der Waals surface area (Å²) in [7, 11) is 8.87. The molecule has 0 atom stereocenters. The Kier molecular flexibility index (Phi) is 23.0. The van der Waals surface area contributed by atoms with Gasteiger partial charge in [-0.3, -0.25) is 9.59 Å². The molecule has 0 saturated carbocycles. The molecule has 0 heterocycles. The predicted molar refractivity (Wildman–Crippen MR) is 160 cm³/mol. The van der Waals surface area contributed by atoms with Gasteiger partial charge in [0.1, 0.15) is 26.3 Å². The SMILES string of the molecule is CCCCCCCCCC(=O)OCC[N+](C)(C)CCCC[N+](C)(C)CCOC(=O)CCCCCCCCC. The summed E-state index contributed by atoms with van der Waals surface area (Å²) in [5.74, 6) is -0.0820.